The number of allylic oxidation sites excluding steroid dienone is 2. The number of hydrogen-bond acceptors (Lipinski definition) is 6. The minimum Gasteiger partial charge on any atom is -0.480 e. The molecule has 0 saturated carbocycles. The van der Waals surface area contributed by atoms with E-state index in [1.807, 2.05) is 36.4 Å². The van der Waals surface area contributed by atoms with Crippen LogP contribution in [-0.4, -0.2) is 58.1 Å². The number of thiocarbonyl (C=S) groups is 1. The average Bonchev–Trinajstić information content (AvgIpc) is 3.18. The summed E-state index contributed by atoms with van der Waals surface area (Å²) in [6, 6.07) is 13.7. The molecule has 3 aromatic rings. The van der Waals surface area contributed by atoms with Crippen molar-refractivity contribution in [2.45, 2.75) is 57.8 Å². The van der Waals surface area contributed by atoms with Gasteiger partial charge < -0.3 is 19.3 Å². The fraction of sp³-hybridized carbons (Fsp3) is 0.371. The molecular weight excluding hydrogens is 574 g/mol. The van der Waals surface area contributed by atoms with Crippen molar-refractivity contribution in [2.75, 3.05) is 31.1 Å². The molecule has 1 amide bonds. The summed E-state index contributed by atoms with van der Waals surface area (Å²) >= 11 is 5.52. The van der Waals surface area contributed by atoms with Crippen molar-refractivity contribution in [3.63, 3.8) is 0 Å². The van der Waals surface area contributed by atoms with E-state index in [0.29, 0.717) is 24.1 Å². The van der Waals surface area contributed by atoms with E-state index >= 15 is 0 Å². The molecule has 3 aliphatic rings. The monoisotopic (exact) mass is 611 g/mol. The summed E-state index contributed by atoms with van der Waals surface area (Å²) in [6.07, 6.45) is 7.31. The van der Waals surface area contributed by atoms with Crippen LogP contribution in [0.1, 0.15) is 62.8 Å². The normalized spacial score (nSPS) is 19.8. The molecule has 6 rings (SSSR count). The molecular formula is C35H37N3O5S. The molecule has 3 aliphatic heterocycles. The largest absolute Gasteiger partial charge is 0.480 e. The Balaban J connectivity index is 1.35. The molecule has 0 atom stereocenters. The van der Waals surface area contributed by atoms with Crippen LogP contribution in [0.4, 0.5) is 5.69 Å². The Morgan fingerprint density at radius 1 is 1.02 bits per heavy atom. The highest BCUT2D eigenvalue weighted by Crippen LogP contribution is 2.51. The number of aliphatic carboxylic acids is 1. The van der Waals surface area contributed by atoms with E-state index in [4.69, 9.17) is 16.6 Å². The molecule has 9 heteroatoms. The topological polar surface area (TPSA) is 94.3 Å². The number of amides is 1. The van der Waals surface area contributed by atoms with Gasteiger partial charge in [0.25, 0.3) is 5.91 Å². The molecule has 0 unspecified atom stereocenters. The number of nitrogens with zero attached hydrogens (tertiary/aromatic N) is 3. The SMILES string of the molecule is CC1(C)CCN2CCC(C)(C)c3c2c1cc1cc(C=CC=C2C(=O)N(CCc4ccccc4)C(=S)N2CC(=O)O)c(=O)oc31. The van der Waals surface area contributed by atoms with Crippen molar-refractivity contribution in [3.8, 4) is 0 Å². The van der Waals surface area contributed by atoms with E-state index in [-0.39, 0.29) is 27.5 Å². The Bertz CT molecular complexity index is 1800. The van der Waals surface area contributed by atoms with Crippen molar-refractivity contribution in [1.29, 1.82) is 0 Å². The first-order chi connectivity index (χ1) is 20.9. The lowest BCUT2D eigenvalue weighted by Crippen LogP contribution is -2.44. The van der Waals surface area contributed by atoms with Gasteiger partial charge in [-0.05, 0) is 77.7 Å². The number of carbonyl (C=O) groups excluding carboxylic acids is 1. The van der Waals surface area contributed by atoms with Crippen LogP contribution in [0, 0.1) is 0 Å². The minimum absolute atomic E-state index is 0.0139. The fourth-order valence-corrected chi connectivity index (χ4v) is 6.99. The van der Waals surface area contributed by atoms with Gasteiger partial charge in [0.05, 0.1) is 5.56 Å². The van der Waals surface area contributed by atoms with Crippen molar-refractivity contribution < 1.29 is 19.1 Å². The second-order valence-electron chi connectivity index (χ2n) is 13.2. The molecule has 0 spiro atoms. The summed E-state index contributed by atoms with van der Waals surface area (Å²) in [5.41, 5.74) is 5.13. The minimum atomic E-state index is -1.10. The van der Waals surface area contributed by atoms with Crippen LogP contribution < -0.4 is 10.5 Å². The lowest BCUT2D eigenvalue weighted by Gasteiger charge is -2.48. The molecule has 0 bridgehead atoms. The lowest BCUT2D eigenvalue weighted by atomic mass is 9.69. The van der Waals surface area contributed by atoms with Crippen LogP contribution in [0.3, 0.4) is 0 Å². The number of hydrogen-bond donors (Lipinski definition) is 1. The molecule has 8 nitrogen and oxygen atoms in total. The zero-order valence-electron chi connectivity index (χ0n) is 25.6. The van der Waals surface area contributed by atoms with Gasteiger partial charge >= 0.3 is 11.6 Å². The summed E-state index contributed by atoms with van der Waals surface area (Å²) in [6.45, 7) is 10.8. The highest BCUT2D eigenvalue weighted by atomic mass is 32.1. The molecule has 4 heterocycles. The number of carboxylic acid groups (broad SMARTS) is 1. The van der Waals surface area contributed by atoms with E-state index in [1.54, 1.807) is 12.2 Å². The van der Waals surface area contributed by atoms with Crippen LogP contribution in [0.2, 0.25) is 0 Å². The summed E-state index contributed by atoms with van der Waals surface area (Å²) < 4.78 is 6.05. The highest BCUT2D eigenvalue weighted by Gasteiger charge is 2.42. The van der Waals surface area contributed by atoms with Crippen molar-refractivity contribution in [1.82, 2.24) is 9.80 Å². The van der Waals surface area contributed by atoms with Crippen LogP contribution in [-0.2, 0) is 26.8 Å². The Hall–Kier alpha value is -4.24. The van der Waals surface area contributed by atoms with Crippen LogP contribution >= 0.6 is 12.2 Å². The zero-order chi connectivity index (χ0) is 31.4. The van der Waals surface area contributed by atoms with Gasteiger partial charge in [-0.2, -0.15) is 0 Å². The predicted molar refractivity (Wildman–Crippen MR) is 176 cm³/mol. The highest BCUT2D eigenvalue weighted by molar-refractivity contribution is 7.80. The predicted octanol–water partition coefficient (Wildman–Crippen LogP) is 5.62. The van der Waals surface area contributed by atoms with Gasteiger partial charge in [0.15, 0.2) is 5.11 Å². The Morgan fingerprint density at radius 3 is 2.43 bits per heavy atom. The van der Waals surface area contributed by atoms with Gasteiger partial charge in [0.1, 0.15) is 17.8 Å². The Labute approximate surface area is 262 Å². The van der Waals surface area contributed by atoms with E-state index in [0.717, 1.165) is 42.4 Å². The van der Waals surface area contributed by atoms with Crippen LogP contribution in [0.25, 0.3) is 17.0 Å². The molecule has 228 valence electrons. The third-order valence-electron chi connectivity index (χ3n) is 9.27. The third kappa shape index (κ3) is 5.23. The van der Waals surface area contributed by atoms with Gasteiger partial charge in [-0.1, -0.05) is 64.1 Å². The van der Waals surface area contributed by atoms with E-state index in [2.05, 4.69) is 38.7 Å². The molecule has 2 aromatic carbocycles. The summed E-state index contributed by atoms with van der Waals surface area (Å²) in [5.74, 6) is -1.48. The fourth-order valence-electron chi connectivity index (χ4n) is 6.65. The number of carbonyl (C=O) groups is 2. The Morgan fingerprint density at radius 2 is 1.73 bits per heavy atom. The quantitative estimate of drug-likeness (QED) is 0.209. The smallest absolute Gasteiger partial charge is 0.343 e. The van der Waals surface area contributed by atoms with Gasteiger partial charge in [-0.3, -0.25) is 14.5 Å². The van der Waals surface area contributed by atoms with Gasteiger partial charge in [0, 0.05) is 36.3 Å². The first-order valence-corrected chi connectivity index (χ1v) is 15.5. The second-order valence-corrected chi connectivity index (χ2v) is 13.5. The standard InChI is InChI=1S/C35H37N3O5S/c1-34(2)14-17-36-18-15-35(3,4)28-29(36)25(34)20-24-19-23(32(42)43-30(24)28)11-8-12-26-31(41)37(33(44)38(26)21-27(39)40)16-13-22-9-6-5-7-10-22/h5-12,19-20H,13-18,21H2,1-4H3,(H,39,40). The maximum atomic E-state index is 13.4. The van der Waals surface area contributed by atoms with Crippen LogP contribution in [0.5, 0.6) is 0 Å². The molecule has 44 heavy (non-hydrogen) atoms. The molecule has 0 aliphatic carbocycles. The number of rotatable bonds is 7. The maximum Gasteiger partial charge on any atom is 0.343 e. The van der Waals surface area contributed by atoms with Gasteiger partial charge in [0.2, 0.25) is 0 Å². The molecule has 1 fully saturated rings. The van der Waals surface area contributed by atoms with E-state index in [9.17, 15) is 19.5 Å². The average molecular weight is 612 g/mol. The maximum absolute atomic E-state index is 13.4. The van der Waals surface area contributed by atoms with E-state index < -0.39 is 18.1 Å². The van der Waals surface area contributed by atoms with Crippen molar-refractivity contribution in [3.05, 3.63) is 93.0 Å². The summed E-state index contributed by atoms with van der Waals surface area (Å²) in [7, 11) is 0. The molecule has 0 radical (unpaired) electrons. The lowest BCUT2D eigenvalue weighted by molar-refractivity contribution is -0.137. The summed E-state index contributed by atoms with van der Waals surface area (Å²) in [5, 5.41) is 10.5. The number of benzene rings is 2. The molecule has 1 N–H and O–H groups in total. The van der Waals surface area contributed by atoms with E-state index in [1.165, 1.54) is 27.1 Å². The number of fused-ring (bicyclic) bond motifs is 2. The van der Waals surface area contributed by atoms with Gasteiger partial charge in [-0.15, -0.1) is 0 Å². The molecule has 1 aromatic heterocycles. The molecule has 1 saturated heterocycles. The Kier molecular flexibility index (Phi) is 7.48. The van der Waals surface area contributed by atoms with Crippen molar-refractivity contribution >= 4 is 51.9 Å². The van der Waals surface area contributed by atoms with Crippen LogP contribution in [0.15, 0.2) is 69.5 Å². The number of carboxylic acids is 1. The second kappa shape index (κ2) is 11.0. The third-order valence-corrected chi connectivity index (χ3v) is 9.71. The first-order valence-electron chi connectivity index (χ1n) is 15.1. The zero-order valence-corrected chi connectivity index (χ0v) is 26.4. The number of anilines is 1. The first kappa shape index (κ1) is 29.8. The van der Waals surface area contributed by atoms with Gasteiger partial charge in [-0.25, -0.2) is 4.79 Å². The summed E-state index contributed by atoms with van der Waals surface area (Å²) in [4.78, 5) is 43.5. The van der Waals surface area contributed by atoms with Crippen molar-refractivity contribution in [2.24, 2.45) is 0 Å².